The highest BCUT2D eigenvalue weighted by Crippen LogP contribution is 2.42. The van der Waals surface area contributed by atoms with Gasteiger partial charge in [0, 0.05) is 25.5 Å². The van der Waals surface area contributed by atoms with Crippen molar-refractivity contribution in [3.63, 3.8) is 0 Å². The summed E-state index contributed by atoms with van der Waals surface area (Å²) in [6.45, 7) is 4.35. The van der Waals surface area contributed by atoms with Crippen LogP contribution in [0.5, 0.6) is 0 Å². The molecule has 1 aliphatic carbocycles. The molecule has 0 N–H and O–H groups in total. The molecular formula is C15H23N3O3S. The molecule has 3 rings (SSSR count). The minimum absolute atomic E-state index is 0.327. The lowest BCUT2D eigenvalue weighted by molar-refractivity contribution is 0.252. The van der Waals surface area contributed by atoms with Crippen molar-refractivity contribution in [3.05, 3.63) is 18.0 Å². The monoisotopic (exact) mass is 325 g/mol. The second kappa shape index (κ2) is 6.12. The molecule has 0 amide bonds. The van der Waals surface area contributed by atoms with E-state index in [2.05, 4.69) is 21.8 Å². The first-order valence-corrected chi connectivity index (χ1v) is 9.66. The Labute approximate surface area is 132 Å². The molecule has 2 heterocycles. The zero-order valence-electron chi connectivity index (χ0n) is 13.1. The second-order valence-electron chi connectivity index (χ2n) is 6.50. The van der Waals surface area contributed by atoms with Crippen LogP contribution in [0, 0.1) is 17.8 Å². The fourth-order valence-corrected chi connectivity index (χ4v) is 4.08. The lowest BCUT2D eigenvalue weighted by atomic mass is 10.0. The van der Waals surface area contributed by atoms with Crippen LogP contribution in [0.25, 0.3) is 0 Å². The lowest BCUT2D eigenvalue weighted by Crippen LogP contribution is -2.24. The summed E-state index contributed by atoms with van der Waals surface area (Å²) in [6, 6.07) is 0. The quantitative estimate of drug-likeness (QED) is 0.764. The normalized spacial score (nSPS) is 28.1. The third kappa shape index (κ3) is 3.57. The standard InChI is InChI=1S/C15H23N3O3S/c1-3-11-6-16-15(17-7-11)18-8-13-4-12(5-14(13)9-18)10-21-22(2,19)20/h6-7,12-14H,3-5,8-10H2,1-2H3/t12?,13-,14+. The van der Waals surface area contributed by atoms with E-state index in [1.165, 1.54) is 0 Å². The van der Waals surface area contributed by atoms with Crippen molar-refractivity contribution in [3.8, 4) is 0 Å². The van der Waals surface area contributed by atoms with E-state index in [0.717, 1.165) is 50.1 Å². The topological polar surface area (TPSA) is 72.4 Å². The van der Waals surface area contributed by atoms with Gasteiger partial charge in [-0.3, -0.25) is 4.18 Å². The van der Waals surface area contributed by atoms with Gasteiger partial charge in [-0.1, -0.05) is 6.92 Å². The first-order chi connectivity index (χ1) is 10.4. The van der Waals surface area contributed by atoms with E-state index in [9.17, 15) is 8.42 Å². The van der Waals surface area contributed by atoms with Crippen molar-refractivity contribution in [1.82, 2.24) is 9.97 Å². The predicted octanol–water partition coefficient (Wildman–Crippen LogP) is 1.48. The van der Waals surface area contributed by atoms with Gasteiger partial charge < -0.3 is 4.90 Å². The molecular weight excluding hydrogens is 302 g/mol. The van der Waals surface area contributed by atoms with Gasteiger partial charge in [0.25, 0.3) is 10.1 Å². The van der Waals surface area contributed by atoms with Gasteiger partial charge in [-0.25, -0.2) is 9.97 Å². The van der Waals surface area contributed by atoms with E-state index in [0.29, 0.717) is 24.4 Å². The summed E-state index contributed by atoms with van der Waals surface area (Å²) in [5, 5.41) is 0. The number of hydrogen-bond donors (Lipinski definition) is 0. The minimum Gasteiger partial charge on any atom is -0.340 e. The van der Waals surface area contributed by atoms with Crippen molar-refractivity contribution in [1.29, 1.82) is 0 Å². The van der Waals surface area contributed by atoms with Crippen molar-refractivity contribution >= 4 is 16.1 Å². The summed E-state index contributed by atoms with van der Waals surface area (Å²) in [6.07, 6.45) is 7.93. The fourth-order valence-electron chi connectivity index (χ4n) is 3.64. The van der Waals surface area contributed by atoms with Crippen LogP contribution in [0.3, 0.4) is 0 Å². The summed E-state index contributed by atoms with van der Waals surface area (Å²) in [5.41, 5.74) is 1.15. The van der Waals surface area contributed by atoms with E-state index in [1.54, 1.807) is 0 Å². The summed E-state index contributed by atoms with van der Waals surface area (Å²) < 4.78 is 27.1. The van der Waals surface area contributed by atoms with Gasteiger partial charge >= 0.3 is 0 Å². The van der Waals surface area contributed by atoms with E-state index in [-0.39, 0.29) is 0 Å². The summed E-state index contributed by atoms with van der Waals surface area (Å²) in [7, 11) is -3.33. The summed E-state index contributed by atoms with van der Waals surface area (Å²) in [5.74, 6) is 2.37. The van der Waals surface area contributed by atoms with Gasteiger partial charge in [0.2, 0.25) is 5.95 Å². The Morgan fingerprint density at radius 2 is 1.82 bits per heavy atom. The first-order valence-electron chi connectivity index (χ1n) is 7.85. The van der Waals surface area contributed by atoms with Crippen LogP contribution in [0.4, 0.5) is 5.95 Å². The molecule has 1 saturated heterocycles. The van der Waals surface area contributed by atoms with Gasteiger partial charge in [0.05, 0.1) is 12.9 Å². The second-order valence-corrected chi connectivity index (χ2v) is 8.14. The van der Waals surface area contributed by atoms with Gasteiger partial charge in [0.1, 0.15) is 0 Å². The SMILES string of the molecule is CCc1cnc(N2C[C@H]3CC(COS(C)(=O)=O)C[C@H]3C2)nc1. The molecule has 1 aliphatic heterocycles. The Hall–Kier alpha value is -1.21. The van der Waals surface area contributed by atoms with E-state index >= 15 is 0 Å². The smallest absolute Gasteiger partial charge is 0.264 e. The van der Waals surface area contributed by atoms with E-state index in [4.69, 9.17) is 4.18 Å². The largest absolute Gasteiger partial charge is 0.340 e. The van der Waals surface area contributed by atoms with Crippen molar-refractivity contribution < 1.29 is 12.6 Å². The Morgan fingerprint density at radius 3 is 2.32 bits per heavy atom. The van der Waals surface area contributed by atoms with Gasteiger partial charge in [0.15, 0.2) is 0 Å². The molecule has 1 aromatic rings. The molecule has 1 aromatic heterocycles. The van der Waals surface area contributed by atoms with Crippen LogP contribution >= 0.6 is 0 Å². The predicted molar refractivity (Wildman–Crippen MR) is 84.1 cm³/mol. The van der Waals surface area contributed by atoms with Gasteiger partial charge in [-0.15, -0.1) is 0 Å². The van der Waals surface area contributed by atoms with E-state index in [1.807, 2.05) is 12.4 Å². The molecule has 1 saturated carbocycles. The number of rotatable bonds is 5. The maximum atomic E-state index is 11.1. The van der Waals surface area contributed by atoms with Crippen LogP contribution in [-0.2, 0) is 20.7 Å². The molecule has 22 heavy (non-hydrogen) atoms. The summed E-state index contributed by atoms with van der Waals surface area (Å²) in [4.78, 5) is 11.2. The Morgan fingerprint density at radius 1 is 1.23 bits per heavy atom. The Bertz CT molecular complexity index is 603. The zero-order chi connectivity index (χ0) is 15.7. The minimum atomic E-state index is -3.33. The van der Waals surface area contributed by atoms with Crippen molar-refractivity contribution in [2.45, 2.75) is 26.2 Å². The van der Waals surface area contributed by atoms with Crippen LogP contribution in [-0.4, -0.2) is 44.3 Å². The number of hydrogen-bond acceptors (Lipinski definition) is 6. The molecule has 2 aliphatic rings. The van der Waals surface area contributed by atoms with Crippen LogP contribution in [0.2, 0.25) is 0 Å². The van der Waals surface area contributed by atoms with Crippen LogP contribution < -0.4 is 4.90 Å². The lowest BCUT2D eigenvalue weighted by Gasteiger charge is -2.19. The molecule has 122 valence electrons. The van der Waals surface area contributed by atoms with Crippen LogP contribution in [0.1, 0.15) is 25.3 Å². The van der Waals surface area contributed by atoms with Gasteiger partial charge in [-0.05, 0) is 42.6 Å². The average Bonchev–Trinajstić information content (AvgIpc) is 3.02. The number of aryl methyl sites for hydroxylation is 1. The number of fused-ring (bicyclic) bond motifs is 1. The van der Waals surface area contributed by atoms with E-state index < -0.39 is 10.1 Å². The number of anilines is 1. The van der Waals surface area contributed by atoms with Gasteiger partial charge in [-0.2, -0.15) is 8.42 Å². The molecule has 0 bridgehead atoms. The molecule has 0 radical (unpaired) electrons. The molecule has 3 atom stereocenters. The van der Waals surface area contributed by atoms with Crippen molar-refractivity contribution in [2.75, 3.05) is 30.9 Å². The number of aromatic nitrogens is 2. The molecule has 7 heteroatoms. The van der Waals surface area contributed by atoms with Crippen LogP contribution in [0.15, 0.2) is 12.4 Å². The maximum Gasteiger partial charge on any atom is 0.264 e. The number of nitrogens with zero attached hydrogens (tertiary/aromatic N) is 3. The Balaban J connectivity index is 1.54. The highest BCUT2D eigenvalue weighted by molar-refractivity contribution is 7.85. The molecule has 1 unspecified atom stereocenters. The highest BCUT2D eigenvalue weighted by Gasteiger charge is 2.41. The van der Waals surface area contributed by atoms with Crippen molar-refractivity contribution in [2.24, 2.45) is 17.8 Å². The fraction of sp³-hybridized carbons (Fsp3) is 0.733. The third-order valence-electron chi connectivity index (χ3n) is 4.75. The molecule has 0 spiro atoms. The first kappa shape index (κ1) is 15.7. The summed E-state index contributed by atoms with van der Waals surface area (Å²) >= 11 is 0. The molecule has 6 nitrogen and oxygen atoms in total. The third-order valence-corrected chi connectivity index (χ3v) is 5.31. The average molecular weight is 325 g/mol. The Kier molecular flexibility index (Phi) is 4.36. The molecule has 0 aromatic carbocycles. The molecule has 2 fully saturated rings. The highest BCUT2D eigenvalue weighted by atomic mass is 32.2. The zero-order valence-corrected chi connectivity index (χ0v) is 13.9. The maximum absolute atomic E-state index is 11.1.